The highest BCUT2D eigenvalue weighted by molar-refractivity contribution is 7.89. The minimum atomic E-state index is -3.61. The molecule has 0 bridgehead atoms. The van der Waals surface area contributed by atoms with E-state index in [2.05, 4.69) is 17.0 Å². The van der Waals surface area contributed by atoms with Crippen LogP contribution in [0.2, 0.25) is 0 Å². The molecule has 4 rings (SSSR count). The highest BCUT2D eigenvalue weighted by atomic mass is 32.2. The SMILES string of the molecule is COc1ccc(CCN2CCN(C(=O)c3cc(S(=O)(=O)N4CCCC4)c(C)o3)CC2)cc1. The number of ether oxygens (including phenoxy) is 1. The molecule has 0 N–H and O–H groups in total. The van der Waals surface area contributed by atoms with Crippen LogP contribution in [0.3, 0.4) is 0 Å². The van der Waals surface area contributed by atoms with Crippen molar-refractivity contribution in [3.8, 4) is 5.75 Å². The van der Waals surface area contributed by atoms with Crippen LogP contribution in [0.1, 0.15) is 34.7 Å². The van der Waals surface area contributed by atoms with Crippen molar-refractivity contribution in [1.29, 1.82) is 0 Å². The van der Waals surface area contributed by atoms with E-state index in [0.717, 1.165) is 44.6 Å². The van der Waals surface area contributed by atoms with Crippen LogP contribution in [0, 0.1) is 6.92 Å². The fourth-order valence-corrected chi connectivity index (χ4v) is 5.98. The van der Waals surface area contributed by atoms with Gasteiger partial charge in [-0.05, 0) is 43.9 Å². The summed E-state index contributed by atoms with van der Waals surface area (Å²) in [6.45, 7) is 6.32. The molecule has 0 aliphatic carbocycles. The molecule has 0 unspecified atom stereocenters. The number of carbonyl (C=O) groups excluding carboxylic acids is 1. The van der Waals surface area contributed by atoms with Gasteiger partial charge in [0.05, 0.1) is 7.11 Å². The minimum Gasteiger partial charge on any atom is -0.497 e. The van der Waals surface area contributed by atoms with Crippen molar-refractivity contribution in [2.75, 3.05) is 52.9 Å². The number of nitrogens with zero attached hydrogens (tertiary/aromatic N) is 3. The Kier molecular flexibility index (Phi) is 6.88. The summed E-state index contributed by atoms with van der Waals surface area (Å²) in [5.41, 5.74) is 1.25. The van der Waals surface area contributed by atoms with Crippen LogP contribution in [0.4, 0.5) is 0 Å². The summed E-state index contributed by atoms with van der Waals surface area (Å²) in [4.78, 5) is 17.1. The normalized spacial score (nSPS) is 18.2. The molecule has 1 amide bonds. The van der Waals surface area contributed by atoms with Gasteiger partial charge in [0.25, 0.3) is 5.91 Å². The summed E-state index contributed by atoms with van der Waals surface area (Å²) < 4.78 is 38.0. The number of rotatable bonds is 7. The Bertz CT molecular complexity index is 1030. The third-order valence-corrected chi connectivity index (χ3v) is 8.31. The molecule has 174 valence electrons. The van der Waals surface area contributed by atoms with Crippen LogP contribution in [0.5, 0.6) is 5.75 Å². The van der Waals surface area contributed by atoms with Gasteiger partial charge in [-0.3, -0.25) is 9.69 Å². The highest BCUT2D eigenvalue weighted by Crippen LogP contribution is 2.27. The fourth-order valence-electron chi connectivity index (χ4n) is 4.30. The van der Waals surface area contributed by atoms with Gasteiger partial charge in [-0.15, -0.1) is 0 Å². The number of benzene rings is 1. The number of amides is 1. The van der Waals surface area contributed by atoms with Crippen LogP contribution in [0.15, 0.2) is 39.6 Å². The predicted molar refractivity (Wildman–Crippen MR) is 120 cm³/mol. The Morgan fingerprint density at radius 2 is 1.69 bits per heavy atom. The second kappa shape index (κ2) is 9.64. The fraction of sp³-hybridized carbons (Fsp3) is 0.522. The second-order valence-corrected chi connectivity index (χ2v) is 10.3. The van der Waals surface area contributed by atoms with Crippen LogP contribution >= 0.6 is 0 Å². The summed E-state index contributed by atoms with van der Waals surface area (Å²) in [7, 11) is -1.95. The molecule has 2 fully saturated rings. The van der Waals surface area contributed by atoms with Crippen molar-refractivity contribution in [3.63, 3.8) is 0 Å². The van der Waals surface area contributed by atoms with Crippen LogP contribution in [-0.4, -0.2) is 81.4 Å². The molecule has 3 heterocycles. The van der Waals surface area contributed by atoms with E-state index in [1.165, 1.54) is 15.9 Å². The zero-order valence-corrected chi connectivity index (χ0v) is 19.6. The highest BCUT2D eigenvalue weighted by Gasteiger charge is 2.33. The van der Waals surface area contributed by atoms with Gasteiger partial charge in [-0.2, -0.15) is 4.31 Å². The van der Waals surface area contributed by atoms with Gasteiger partial charge >= 0.3 is 0 Å². The number of furan rings is 1. The van der Waals surface area contributed by atoms with E-state index in [9.17, 15) is 13.2 Å². The lowest BCUT2D eigenvalue weighted by molar-refractivity contribution is 0.0606. The van der Waals surface area contributed by atoms with Gasteiger partial charge < -0.3 is 14.1 Å². The summed E-state index contributed by atoms with van der Waals surface area (Å²) in [5.74, 6) is 0.988. The first-order chi connectivity index (χ1) is 15.4. The van der Waals surface area contributed by atoms with Gasteiger partial charge in [0, 0.05) is 51.9 Å². The summed E-state index contributed by atoms with van der Waals surface area (Å²) in [6.07, 6.45) is 2.67. The minimum absolute atomic E-state index is 0.104. The predicted octanol–water partition coefficient (Wildman–Crippen LogP) is 2.38. The maximum absolute atomic E-state index is 13.0. The summed E-state index contributed by atoms with van der Waals surface area (Å²) in [6, 6.07) is 9.49. The molecule has 0 atom stereocenters. The molecular formula is C23H31N3O5S. The first-order valence-electron chi connectivity index (χ1n) is 11.1. The van der Waals surface area contributed by atoms with Gasteiger partial charge in [-0.25, -0.2) is 8.42 Å². The largest absolute Gasteiger partial charge is 0.497 e. The maximum Gasteiger partial charge on any atom is 0.289 e. The quantitative estimate of drug-likeness (QED) is 0.630. The number of hydrogen-bond acceptors (Lipinski definition) is 6. The number of aryl methyl sites for hydroxylation is 1. The second-order valence-electron chi connectivity index (χ2n) is 8.37. The lowest BCUT2D eigenvalue weighted by atomic mass is 10.1. The number of methoxy groups -OCH3 is 1. The zero-order valence-electron chi connectivity index (χ0n) is 18.7. The monoisotopic (exact) mass is 461 g/mol. The van der Waals surface area contributed by atoms with Gasteiger partial charge in [0.2, 0.25) is 10.0 Å². The van der Waals surface area contributed by atoms with Crippen LogP contribution in [-0.2, 0) is 16.4 Å². The molecule has 2 aliphatic heterocycles. The van der Waals surface area contributed by atoms with E-state index < -0.39 is 10.0 Å². The van der Waals surface area contributed by atoms with Gasteiger partial charge in [0.1, 0.15) is 16.4 Å². The molecule has 9 heteroatoms. The molecular weight excluding hydrogens is 430 g/mol. The molecule has 8 nitrogen and oxygen atoms in total. The lowest BCUT2D eigenvalue weighted by Gasteiger charge is -2.34. The van der Waals surface area contributed by atoms with E-state index in [1.54, 1.807) is 18.9 Å². The number of carbonyl (C=O) groups is 1. The molecule has 0 spiro atoms. The van der Waals surface area contributed by atoms with E-state index in [-0.39, 0.29) is 22.3 Å². The van der Waals surface area contributed by atoms with E-state index >= 15 is 0 Å². The third-order valence-electron chi connectivity index (χ3n) is 6.30. The van der Waals surface area contributed by atoms with Crippen molar-refractivity contribution in [2.45, 2.75) is 31.1 Å². The average Bonchev–Trinajstić information content (AvgIpc) is 3.49. The standard InChI is InChI=1S/C23H31N3O5S/c1-18-22(32(28,29)26-10-3-4-11-26)17-21(31-18)23(27)25-15-13-24(14-16-25)12-9-19-5-7-20(30-2)8-6-19/h5-8,17H,3-4,9-16H2,1-2H3. The first-order valence-corrected chi connectivity index (χ1v) is 12.6. The van der Waals surface area contributed by atoms with Crippen molar-refractivity contribution < 1.29 is 22.4 Å². The Labute approximate surface area is 189 Å². The summed E-state index contributed by atoms with van der Waals surface area (Å²) in [5, 5.41) is 0. The molecule has 2 aromatic rings. The zero-order chi connectivity index (χ0) is 22.7. The smallest absolute Gasteiger partial charge is 0.289 e. The first kappa shape index (κ1) is 22.8. The molecule has 32 heavy (non-hydrogen) atoms. The van der Waals surface area contributed by atoms with Crippen molar-refractivity contribution in [1.82, 2.24) is 14.1 Å². The molecule has 1 aromatic heterocycles. The Morgan fingerprint density at radius 3 is 2.31 bits per heavy atom. The molecule has 1 aromatic carbocycles. The van der Waals surface area contributed by atoms with Crippen molar-refractivity contribution in [2.24, 2.45) is 0 Å². The molecule has 2 aliphatic rings. The average molecular weight is 462 g/mol. The van der Waals surface area contributed by atoms with Gasteiger partial charge in [-0.1, -0.05) is 12.1 Å². The Balaban J connectivity index is 1.32. The van der Waals surface area contributed by atoms with Crippen LogP contribution < -0.4 is 4.74 Å². The van der Waals surface area contributed by atoms with Gasteiger partial charge in [0.15, 0.2) is 5.76 Å². The molecule has 0 radical (unpaired) electrons. The number of hydrogen-bond donors (Lipinski definition) is 0. The van der Waals surface area contributed by atoms with Crippen molar-refractivity contribution >= 4 is 15.9 Å². The Hall–Kier alpha value is -2.36. The Morgan fingerprint density at radius 1 is 1.03 bits per heavy atom. The molecule has 0 saturated carbocycles. The topological polar surface area (TPSA) is 83.3 Å². The maximum atomic E-state index is 13.0. The van der Waals surface area contributed by atoms with Crippen LogP contribution in [0.25, 0.3) is 0 Å². The lowest BCUT2D eigenvalue weighted by Crippen LogP contribution is -2.49. The summed E-state index contributed by atoms with van der Waals surface area (Å²) >= 11 is 0. The number of sulfonamides is 1. The van der Waals surface area contributed by atoms with E-state index in [4.69, 9.17) is 9.15 Å². The number of piperazine rings is 1. The van der Waals surface area contributed by atoms with E-state index in [0.29, 0.717) is 26.2 Å². The molecule has 2 saturated heterocycles. The van der Waals surface area contributed by atoms with E-state index in [1.807, 2.05) is 12.1 Å². The third kappa shape index (κ3) is 4.84. The van der Waals surface area contributed by atoms with Crippen molar-refractivity contribution in [3.05, 3.63) is 47.4 Å².